The highest BCUT2D eigenvalue weighted by atomic mass is 16.5. The molecule has 0 radical (unpaired) electrons. The van der Waals surface area contributed by atoms with E-state index in [2.05, 4.69) is 10.6 Å². The standard InChI is InChI=1S/C23H25N3O5/c1-15(17-7-4-3-5-8-17)26-13-18(11-22(26)29)23(30)31-14-21(28)25-20-10-6-9-19(12-20)24-16(2)27/h3-10,12,15,18H,11,13-14H2,1-2H3,(H,24,27)(H,25,28)/t15-,18+/m0/s1. The molecular weight excluding hydrogens is 398 g/mol. The molecule has 3 rings (SSSR count). The number of nitrogens with zero attached hydrogens (tertiary/aromatic N) is 1. The molecule has 1 fully saturated rings. The molecule has 8 nitrogen and oxygen atoms in total. The number of anilines is 2. The Labute approximate surface area is 180 Å². The van der Waals surface area contributed by atoms with E-state index in [0.717, 1.165) is 5.56 Å². The molecule has 2 aromatic carbocycles. The van der Waals surface area contributed by atoms with Gasteiger partial charge in [0.25, 0.3) is 5.91 Å². The number of nitrogens with one attached hydrogen (secondary N) is 2. The topological polar surface area (TPSA) is 105 Å². The molecule has 31 heavy (non-hydrogen) atoms. The van der Waals surface area contributed by atoms with E-state index in [4.69, 9.17) is 4.74 Å². The van der Waals surface area contributed by atoms with Crippen LogP contribution in [0.3, 0.4) is 0 Å². The van der Waals surface area contributed by atoms with Crippen molar-refractivity contribution in [1.82, 2.24) is 4.90 Å². The Balaban J connectivity index is 1.50. The first kappa shape index (κ1) is 22.0. The number of hydrogen-bond acceptors (Lipinski definition) is 5. The summed E-state index contributed by atoms with van der Waals surface area (Å²) < 4.78 is 5.14. The maximum Gasteiger partial charge on any atom is 0.311 e. The summed E-state index contributed by atoms with van der Waals surface area (Å²) in [6.07, 6.45) is 0.0659. The van der Waals surface area contributed by atoms with Gasteiger partial charge in [0.15, 0.2) is 6.61 Å². The third-order valence-electron chi connectivity index (χ3n) is 5.05. The second-order valence-electron chi connectivity index (χ2n) is 7.45. The molecule has 1 aliphatic rings. The lowest BCUT2D eigenvalue weighted by Gasteiger charge is -2.25. The van der Waals surface area contributed by atoms with Crippen molar-refractivity contribution in [3.8, 4) is 0 Å². The average molecular weight is 423 g/mol. The second-order valence-corrected chi connectivity index (χ2v) is 7.45. The summed E-state index contributed by atoms with van der Waals surface area (Å²) in [6, 6.07) is 16.1. The van der Waals surface area contributed by atoms with Crippen molar-refractivity contribution >= 4 is 35.1 Å². The molecule has 0 unspecified atom stereocenters. The van der Waals surface area contributed by atoms with E-state index < -0.39 is 24.4 Å². The van der Waals surface area contributed by atoms with Crippen molar-refractivity contribution in [3.63, 3.8) is 0 Å². The Hall–Kier alpha value is -3.68. The van der Waals surface area contributed by atoms with E-state index >= 15 is 0 Å². The number of esters is 1. The van der Waals surface area contributed by atoms with Crippen LogP contribution in [-0.2, 0) is 23.9 Å². The number of ether oxygens (including phenoxy) is 1. The average Bonchev–Trinajstić information content (AvgIpc) is 3.13. The molecule has 1 aliphatic heterocycles. The Morgan fingerprint density at radius 3 is 2.42 bits per heavy atom. The van der Waals surface area contributed by atoms with Crippen LogP contribution in [-0.4, -0.2) is 41.7 Å². The zero-order valence-electron chi connectivity index (χ0n) is 17.5. The zero-order chi connectivity index (χ0) is 22.4. The molecule has 2 N–H and O–H groups in total. The number of rotatable bonds is 7. The van der Waals surface area contributed by atoms with Gasteiger partial charge in [-0.3, -0.25) is 19.2 Å². The number of amides is 3. The smallest absolute Gasteiger partial charge is 0.311 e. The molecule has 1 heterocycles. The van der Waals surface area contributed by atoms with Gasteiger partial charge in [-0.05, 0) is 30.7 Å². The maximum absolute atomic E-state index is 12.4. The molecule has 8 heteroatoms. The van der Waals surface area contributed by atoms with E-state index in [1.54, 1.807) is 29.2 Å². The minimum absolute atomic E-state index is 0.0659. The third kappa shape index (κ3) is 5.91. The number of hydrogen-bond donors (Lipinski definition) is 2. The van der Waals surface area contributed by atoms with Crippen LogP contribution >= 0.6 is 0 Å². The molecule has 0 bridgehead atoms. The molecule has 1 saturated heterocycles. The first-order valence-corrected chi connectivity index (χ1v) is 10.0. The highest BCUT2D eigenvalue weighted by Crippen LogP contribution is 2.29. The minimum Gasteiger partial charge on any atom is -0.455 e. The number of likely N-dealkylation sites (tertiary alicyclic amines) is 1. The van der Waals surface area contributed by atoms with Crippen molar-refractivity contribution < 1.29 is 23.9 Å². The van der Waals surface area contributed by atoms with Gasteiger partial charge in [-0.25, -0.2) is 0 Å². The third-order valence-corrected chi connectivity index (χ3v) is 5.05. The van der Waals surface area contributed by atoms with Gasteiger partial charge < -0.3 is 20.3 Å². The molecule has 162 valence electrons. The van der Waals surface area contributed by atoms with Gasteiger partial charge in [0.2, 0.25) is 11.8 Å². The summed E-state index contributed by atoms with van der Waals surface area (Å²) in [5.41, 5.74) is 2.00. The lowest BCUT2D eigenvalue weighted by atomic mass is 10.1. The molecule has 0 spiro atoms. The maximum atomic E-state index is 12.4. The molecule has 0 aliphatic carbocycles. The Kier molecular flexibility index (Phi) is 7.02. The van der Waals surface area contributed by atoms with Crippen LogP contribution in [0, 0.1) is 5.92 Å². The Morgan fingerprint density at radius 2 is 1.74 bits per heavy atom. The van der Waals surface area contributed by atoms with E-state index in [1.165, 1.54) is 6.92 Å². The molecule has 0 saturated carbocycles. The van der Waals surface area contributed by atoms with Crippen LogP contribution in [0.1, 0.15) is 31.9 Å². The fourth-order valence-corrected chi connectivity index (χ4v) is 3.50. The molecule has 2 aromatic rings. The highest BCUT2D eigenvalue weighted by Gasteiger charge is 2.38. The zero-order valence-corrected chi connectivity index (χ0v) is 17.5. The van der Waals surface area contributed by atoms with Gasteiger partial charge in [0, 0.05) is 31.3 Å². The Bertz CT molecular complexity index is 976. The monoisotopic (exact) mass is 423 g/mol. The van der Waals surface area contributed by atoms with Crippen molar-refractivity contribution in [2.75, 3.05) is 23.8 Å². The van der Waals surface area contributed by atoms with E-state index in [1.807, 2.05) is 37.3 Å². The van der Waals surface area contributed by atoms with E-state index in [0.29, 0.717) is 11.4 Å². The summed E-state index contributed by atoms with van der Waals surface area (Å²) in [7, 11) is 0. The van der Waals surface area contributed by atoms with Crippen LogP contribution in [0.5, 0.6) is 0 Å². The largest absolute Gasteiger partial charge is 0.455 e. The predicted molar refractivity (Wildman–Crippen MR) is 115 cm³/mol. The first-order valence-electron chi connectivity index (χ1n) is 10.0. The van der Waals surface area contributed by atoms with Crippen molar-refractivity contribution in [2.45, 2.75) is 26.3 Å². The van der Waals surface area contributed by atoms with Gasteiger partial charge in [0.1, 0.15) is 0 Å². The molecule has 2 atom stereocenters. The van der Waals surface area contributed by atoms with Crippen LogP contribution in [0.2, 0.25) is 0 Å². The molecule has 3 amide bonds. The fraction of sp³-hybridized carbons (Fsp3) is 0.304. The van der Waals surface area contributed by atoms with Gasteiger partial charge in [0.05, 0.1) is 12.0 Å². The summed E-state index contributed by atoms with van der Waals surface area (Å²) >= 11 is 0. The van der Waals surface area contributed by atoms with Crippen molar-refractivity contribution in [2.24, 2.45) is 5.92 Å². The lowest BCUT2D eigenvalue weighted by Crippen LogP contribution is -2.30. The van der Waals surface area contributed by atoms with Gasteiger partial charge in [-0.2, -0.15) is 0 Å². The van der Waals surface area contributed by atoms with Crippen LogP contribution in [0.15, 0.2) is 54.6 Å². The number of carbonyl (C=O) groups is 4. The van der Waals surface area contributed by atoms with Crippen molar-refractivity contribution in [1.29, 1.82) is 0 Å². The van der Waals surface area contributed by atoms with E-state index in [9.17, 15) is 19.2 Å². The summed E-state index contributed by atoms with van der Waals surface area (Å²) in [5, 5.41) is 5.24. The first-order chi connectivity index (χ1) is 14.8. The van der Waals surface area contributed by atoms with Crippen LogP contribution in [0.4, 0.5) is 11.4 Å². The highest BCUT2D eigenvalue weighted by molar-refractivity contribution is 5.95. The summed E-state index contributed by atoms with van der Waals surface area (Å²) in [5.74, 6) is -2.02. The SMILES string of the molecule is CC(=O)Nc1cccc(NC(=O)COC(=O)[C@@H]2CC(=O)N([C@@H](C)c3ccccc3)C2)c1. The van der Waals surface area contributed by atoms with E-state index in [-0.39, 0.29) is 30.8 Å². The number of carbonyl (C=O) groups excluding carboxylic acids is 4. The second kappa shape index (κ2) is 9.88. The van der Waals surface area contributed by atoms with Crippen LogP contribution in [0.25, 0.3) is 0 Å². The normalized spacial score (nSPS) is 16.5. The lowest BCUT2D eigenvalue weighted by molar-refractivity contribution is -0.151. The van der Waals surface area contributed by atoms with Gasteiger partial charge in [-0.15, -0.1) is 0 Å². The van der Waals surface area contributed by atoms with Crippen LogP contribution < -0.4 is 10.6 Å². The van der Waals surface area contributed by atoms with Gasteiger partial charge in [-0.1, -0.05) is 36.4 Å². The quantitative estimate of drug-likeness (QED) is 0.667. The fourth-order valence-electron chi connectivity index (χ4n) is 3.50. The van der Waals surface area contributed by atoms with Gasteiger partial charge >= 0.3 is 5.97 Å². The predicted octanol–water partition coefficient (Wildman–Crippen LogP) is 2.74. The molecular formula is C23H25N3O5. The summed E-state index contributed by atoms with van der Waals surface area (Å²) in [4.78, 5) is 49.7. The number of benzene rings is 2. The molecule has 0 aromatic heterocycles. The minimum atomic E-state index is -0.602. The Morgan fingerprint density at radius 1 is 1.06 bits per heavy atom. The summed E-state index contributed by atoms with van der Waals surface area (Å²) in [6.45, 7) is 3.11. The van der Waals surface area contributed by atoms with Crippen molar-refractivity contribution in [3.05, 3.63) is 60.2 Å².